The van der Waals surface area contributed by atoms with Gasteiger partial charge >= 0.3 is 0 Å². The van der Waals surface area contributed by atoms with E-state index in [0.717, 1.165) is 12.6 Å². The van der Waals surface area contributed by atoms with Gasteiger partial charge in [-0.3, -0.25) is 4.90 Å². The van der Waals surface area contributed by atoms with Crippen molar-refractivity contribution in [2.75, 3.05) is 13.1 Å². The maximum atomic E-state index is 5.92. The minimum atomic E-state index is 0.438. The van der Waals surface area contributed by atoms with Gasteiger partial charge in [-0.25, -0.2) is 0 Å². The van der Waals surface area contributed by atoms with Gasteiger partial charge in [-0.1, -0.05) is 24.6 Å². The summed E-state index contributed by atoms with van der Waals surface area (Å²) in [5.74, 6) is 0. The van der Waals surface area contributed by atoms with Crippen molar-refractivity contribution < 1.29 is 0 Å². The van der Waals surface area contributed by atoms with Crippen LogP contribution in [0.1, 0.15) is 39.0 Å². The van der Waals surface area contributed by atoms with Crippen LogP contribution in [0.5, 0.6) is 0 Å². The van der Waals surface area contributed by atoms with Gasteiger partial charge in [0.2, 0.25) is 0 Å². The van der Waals surface area contributed by atoms with E-state index in [0.29, 0.717) is 6.04 Å². The molecule has 0 heterocycles. The number of hydrogen-bond donors (Lipinski definition) is 1. The lowest BCUT2D eigenvalue weighted by Crippen LogP contribution is -2.41. The van der Waals surface area contributed by atoms with Crippen LogP contribution in [0.25, 0.3) is 0 Å². The first-order valence-electron chi connectivity index (χ1n) is 6.02. The van der Waals surface area contributed by atoms with E-state index in [-0.39, 0.29) is 0 Å². The SMILES string of the molecule is CCCN(CC=CCl)C1CCC(N)CC1. The summed E-state index contributed by atoms with van der Waals surface area (Å²) in [7, 11) is 0. The molecule has 0 spiro atoms. The topological polar surface area (TPSA) is 29.3 Å². The van der Waals surface area contributed by atoms with E-state index in [2.05, 4.69) is 11.8 Å². The van der Waals surface area contributed by atoms with Gasteiger partial charge in [0.1, 0.15) is 0 Å². The first-order valence-corrected chi connectivity index (χ1v) is 6.46. The lowest BCUT2D eigenvalue weighted by atomic mass is 9.90. The zero-order valence-corrected chi connectivity index (χ0v) is 10.4. The summed E-state index contributed by atoms with van der Waals surface area (Å²) in [4.78, 5) is 2.53. The Morgan fingerprint density at radius 3 is 2.53 bits per heavy atom. The molecular formula is C12H23ClN2. The number of halogens is 1. The molecular weight excluding hydrogens is 208 g/mol. The van der Waals surface area contributed by atoms with Crippen LogP contribution in [0.15, 0.2) is 11.6 Å². The van der Waals surface area contributed by atoms with Crippen LogP contribution in [0.4, 0.5) is 0 Å². The molecule has 2 nitrogen and oxygen atoms in total. The van der Waals surface area contributed by atoms with Crippen molar-refractivity contribution in [3.05, 3.63) is 11.6 Å². The Kier molecular flexibility index (Phi) is 6.30. The average Bonchev–Trinajstić information content (AvgIpc) is 2.25. The Bertz CT molecular complexity index is 186. The smallest absolute Gasteiger partial charge is 0.0177 e. The molecule has 1 aliphatic rings. The molecule has 0 atom stereocenters. The molecule has 0 aromatic heterocycles. The second-order valence-electron chi connectivity index (χ2n) is 4.43. The molecule has 1 saturated carbocycles. The van der Waals surface area contributed by atoms with Gasteiger partial charge < -0.3 is 5.73 Å². The minimum Gasteiger partial charge on any atom is -0.328 e. The Morgan fingerprint density at radius 1 is 1.33 bits per heavy atom. The monoisotopic (exact) mass is 230 g/mol. The highest BCUT2D eigenvalue weighted by Crippen LogP contribution is 2.22. The van der Waals surface area contributed by atoms with Crippen molar-refractivity contribution in [3.8, 4) is 0 Å². The summed E-state index contributed by atoms with van der Waals surface area (Å²) in [6, 6.07) is 1.16. The van der Waals surface area contributed by atoms with Crippen LogP contribution < -0.4 is 5.73 Å². The third-order valence-electron chi connectivity index (χ3n) is 3.20. The largest absolute Gasteiger partial charge is 0.328 e. The van der Waals surface area contributed by atoms with Gasteiger partial charge in [-0.2, -0.15) is 0 Å². The maximum Gasteiger partial charge on any atom is 0.0177 e. The Labute approximate surface area is 98.5 Å². The molecule has 0 aromatic rings. The molecule has 0 unspecified atom stereocenters. The van der Waals surface area contributed by atoms with Crippen molar-refractivity contribution in [1.29, 1.82) is 0 Å². The van der Waals surface area contributed by atoms with E-state index in [1.165, 1.54) is 38.6 Å². The average molecular weight is 231 g/mol. The van der Waals surface area contributed by atoms with Crippen molar-refractivity contribution in [2.24, 2.45) is 5.73 Å². The summed E-state index contributed by atoms with van der Waals surface area (Å²) in [5.41, 5.74) is 7.54. The molecule has 88 valence electrons. The molecule has 2 N–H and O–H groups in total. The van der Waals surface area contributed by atoms with Crippen molar-refractivity contribution >= 4 is 11.6 Å². The second kappa shape index (κ2) is 7.26. The van der Waals surface area contributed by atoms with Crippen LogP contribution >= 0.6 is 11.6 Å². The molecule has 0 radical (unpaired) electrons. The van der Waals surface area contributed by atoms with Crippen molar-refractivity contribution in [3.63, 3.8) is 0 Å². The van der Waals surface area contributed by atoms with E-state index in [1.54, 1.807) is 5.54 Å². The summed E-state index contributed by atoms with van der Waals surface area (Å²) in [5, 5.41) is 0. The molecule has 0 aromatic carbocycles. The molecule has 15 heavy (non-hydrogen) atoms. The van der Waals surface area contributed by atoms with Gasteiger partial charge in [0.25, 0.3) is 0 Å². The zero-order chi connectivity index (χ0) is 11.1. The number of nitrogens with zero attached hydrogens (tertiary/aromatic N) is 1. The van der Waals surface area contributed by atoms with Crippen molar-refractivity contribution in [2.45, 2.75) is 51.1 Å². The summed E-state index contributed by atoms with van der Waals surface area (Å²) < 4.78 is 0. The van der Waals surface area contributed by atoms with Gasteiger partial charge in [0.05, 0.1) is 0 Å². The van der Waals surface area contributed by atoms with Crippen LogP contribution in [-0.4, -0.2) is 30.1 Å². The molecule has 0 amide bonds. The molecule has 1 aliphatic carbocycles. The lowest BCUT2D eigenvalue weighted by Gasteiger charge is -2.35. The Balaban J connectivity index is 2.40. The van der Waals surface area contributed by atoms with Crippen molar-refractivity contribution in [1.82, 2.24) is 4.90 Å². The summed E-state index contributed by atoms with van der Waals surface area (Å²) >= 11 is 5.58. The fourth-order valence-electron chi connectivity index (χ4n) is 2.35. The normalized spacial score (nSPS) is 27.7. The maximum absolute atomic E-state index is 5.92. The van der Waals surface area contributed by atoms with Gasteiger partial charge in [0, 0.05) is 24.2 Å². The minimum absolute atomic E-state index is 0.438. The fourth-order valence-corrected chi connectivity index (χ4v) is 2.43. The number of hydrogen-bond acceptors (Lipinski definition) is 2. The first-order chi connectivity index (χ1) is 7.27. The van der Waals surface area contributed by atoms with Crippen LogP contribution in [0.2, 0.25) is 0 Å². The highest BCUT2D eigenvalue weighted by Gasteiger charge is 2.22. The molecule has 0 saturated heterocycles. The van der Waals surface area contributed by atoms with Gasteiger partial charge in [-0.05, 0) is 38.6 Å². The van der Waals surface area contributed by atoms with E-state index in [9.17, 15) is 0 Å². The zero-order valence-electron chi connectivity index (χ0n) is 9.66. The van der Waals surface area contributed by atoms with E-state index in [1.807, 2.05) is 6.08 Å². The number of nitrogens with two attached hydrogens (primary N) is 1. The highest BCUT2D eigenvalue weighted by molar-refractivity contribution is 6.25. The van der Waals surface area contributed by atoms with Gasteiger partial charge in [-0.15, -0.1) is 0 Å². The van der Waals surface area contributed by atoms with Gasteiger partial charge in [0.15, 0.2) is 0 Å². The van der Waals surface area contributed by atoms with E-state index in [4.69, 9.17) is 17.3 Å². The lowest BCUT2D eigenvalue weighted by molar-refractivity contribution is 0.165. The predicted molar refractivity (Wildman–Crippen MR) is 67.1 cm³/mol. The quantitative estimate of drug-likeness (QED) is 0.787. The van der Waals surface area contributed by atoms with E-state index >= 15 is 0 Å². The molecule has 0 aliphatic heterocycles. The standard InChI is InChI=1S/C12H23ClN2/c1-2-9-15(10-3-8-13)12-6-4-11(14)5-7-12/h3,8,11-12H,2,4-7,9-10,14H2,1H3. The highest BCUT2D eigenvalue weighted by atomic mass is 35.5. The molecule has 3 heteroatoms. The third kappa shape index (κ3) is 4.54. The van der Waals surface area contributed by atoms with Crippen LogP contribution in [0.3, 0.4) is 0 Å². The van der Waals surface area contributed by atoms with E-state index < -0.39 is 0 Å². The number of rotatable bonds is 5. The van der Waals surface area contributed by atoms with Crippen LogP contribution in [0, 0.1) is 0 Å². The summed E-state index contributed by atoms with van der Waals surface area (Å²) in [6.45, 7) is 4.38. The third-order valence-corrected chi connectivity index (χ3v) is 3.38. The first kappa shape index (κ1) is 13.0. The Morgan fingerprint density at radius 2 is 2.00 bits per heavy atom. The molecule has 1 rings (SSSR count). The Hall–Kier alpha value is -0.0500. The molecule has 0 bridgehead atoms. The predicted octanol–water partition coefficient (Wildman–Crippen LogP) is 2.72. The van der Waals surface area contributed by atoms with Crippen LogP contribution in [-0.2, 0) is 0 Å². The fraction of sp³-hybridized carbons (Fsp3) is 0.833. The summed E-state index contributed by atoms with van der Waals surface area (Å²) in [6.07, 6.45) is 8.09. The molecule has 1 fully saturated rings. The second-order valence-corrected chi connectivity index (χ2v) is 4.68.